The van der Waals surface area contributed by atoms with Gasteiger partial charge < -0.3 is 10.6 Å². The summed E-state index contributed by atoms with van der Waals surface area (Å²) in [4.78, 5) is 26.5. The minimum Gasteiger partial charge on any atom is -0.354 e. The van der Waals surface area contributed by atoms with E-state index in [1.165, 1.54) is 0 Å². The Labute approximate surface area is 173 Å². The second kappa shape index (κ2) is 8.21. The summed E-state index contributed by atoms with van der Waals surface area (Å²) in [6.45, 7) is 4.68. The van der Waals surface area contributed by atoms with Gasteiger partial charge in [0, 0.05) is 6.54 Å². The molecule has 1 unspecified atom stereocenters. The molecule has 3 heterocycles. The lowest BCUT2D eigenvalue weighted by Crippen LogP contribution is -2.45. The van der Waals surface area contributed by atoms with Gasteiger partial charge in [-0.3, -0.25) is 9.59 Å². The minimum absolute atomic E-state index is 0.118. The van der Waals surface area contributed by atoms with Crippen LogP contribution < -0.4 is 10.6 Å². The van der Waals surface area contributed by atoms with Gasteiger partial charge in [-0.05, 0) is 67.8 Å². The van der Waals surface area contributed by atoms with E-state index in [1.807, 2.05) is 49.6 Å². The molecule has 0 radical (unpaired) electrons. The number of nitrogens with one attached hydrogen (secondary N) is 2. The molecular weight excluding hydrogens is 384 g/mol. The topological polar surface area (TPSA) is 76.0 Å². The van der Waals surface area contributed by atoms with Gasteiger partial charge in [0.15, 0.2) is 0 Å². The van der Waals surface area contributed by atoms with E-state index in [0.717, 1.165) is 40.2 Å². The Morgan fingerprint density at radius 3 is 2.90 bits per heavy atom. The highest BCUT2D eigenvalue weighted by atomic mass is 32.1. The van der Waals surface area contributed by atoms with E-state index in [2.05, 4.69) is 10.6 Å². The van der Waals surface area contributed by atoms with Crippen LogP contribution in [0.4, 0.5) is 0 Å². The minimum atomic E-state index is -0.517. The standard InChI is InChI=1S/C22H24N4O2S/c1-14-8-9-15(2)18(12-14)26-19(13-17(25-26)20-7-5-11-29-20)22(28)24-16-6-3-4-10-23-21(16)27/h5,7-9,11-13,16H,3-4,6,10H2,1-2H3,(H,23,27)(H,24,28). The maximum atomic E-state index is 13.2. The van der Waals surface area contributed by atoms with E-state index in [4.69, 9.17) is 5.10 Å². The molecule has 1 aromatic carbocycles. The summed E-state index contributed by atoms with van der Waals surface area (Å²) in [6, 6.07) is 11.3. The second-order valence-corrected chi connectivity index (χ2v) is 8.35. The largest absolute Gasteiger partial charge is 0.354 e. The number of aryl methyl sites for hydroxylation is 2. The van der Waals surface area contributed by atoms with Gasteiger partial charge in [-0.25, -0.2) is 4.68 Å². The molecule has 0 aliphatic carbocycles. The highest BCUT2D eigenvalue weighted by Gasteiger charge is 2.26. The fourth-order valence-electron chi connectivity index (χ4n) is 3.53. The van der Waals surface area contributed by atoms with Crippen LogP contribution in [0.15, 0.2) is 41.8 Å². The number of carbonyl (C=O) groups is 2. The zero-order chi connectivity index (χ0) is 20.4. The second-order valence-electron chi connectivity index (χ2n) is 7.41. The van der Waals surface area contributed by atoms with E-state index in [-0.39, 0.29) is 11.8 Å². The number of benzene rings is 1. The molecular formula is C22H24N4O2S. The van der Waals surface area contributed by atoms with Crippen molar-refractivity contribution < 1.29 is 9.59 Å². The van der Waals surface area contributed by atoms with Crippen LogP contribution in [0.5, 0.6) is 0 Å². The molecule has 0 spiro atoms. The molecule has 2 amide bonds. The number of amides is 2. The van der Waals surface area contributed by atoms with Crippen molar-refractivity contribution in [3.63, 3.8) is 0 Å². The maximum absolute atomic E-state index is 13.2. The molecule has 1 atom stereocenters. The van der Waals surface area contributed by atoms with Crippen LogP contribution in [0.3, 0.4) is 0 Å². The van der Waals surface area contributed by atoms with E-state index >= 15 is 0 Å². The highest BCUT2D eigenvalue weighted by Crippen LogP contribution is 2.27. The van der Waals surface area contributed by atoms with Crippen LogP contribution in [0.25, 0.3) is 16.3 Å². The number of hydrogen-bond acceptors (Lipinski definition) is 4. The van der Waals surface area contributed by atoms with Crippen LogP contribution >= 0.6 is 11.3 Å². The summed E-state index contributed by atoms with van der Waals surface area (Å²) in [6.07, 6.45) is 2.48. The Bertz CT molecular complexity index is 1040. The van der Waals surface area contributed by atoms with Gasteiger partial charge in [-0.15, -0.1) is 11.3 Å². The Hall–Kier alpha value is -2.93. The van der Waals surface area contributed by atoms with Crippen molar-refractivity contribution in [2.75, 3.05) is 6.54 Å². The number of carbonyl (C=O) groups excluding carboxylic acids is 2. The van der Waals surface area contributed by atoms with E-state index in [0.29, 0.717) is 18.7 Å². The Morgan fingerprint density at radius 2 is 2.10 bits per heavy atom. The van der Waals surface area contributed by atoms with Gasteiger partial charge >= 0.3 is 0 Å². The Kier molecular flexibility index (Phi) is 5.49. The smallest absolute Gasteiger partial charge is 0.270 e. The van der Waals surface area contributed by atoms with Gasteiger partial charge in [-0.2, -0.15) is 5.10 Å². The van der Waals surface area contributed by atoms with Crippen molar-refractivity contribution in [3.05, 3.63) is 58.6 Å². The van der Waals surface area contributed by atoms with Crippen molar-refractivity contribution in [3.8, 4) is 16.3 Å². The molecule has 0 bridgehead atoms. The first-order valence-corrected chi connectivity index (χ1v) is 10.7. The molecule has 0 saturated carbocycles. The SMILES string of the molecule is Cc1ccc(C)c(-n2nc(-c3cccs3)cc2C(=O)NC2CCCCNC2=O)c1. The van der Waals surface area contributed by atoms with Gasteiger partial charge in [0.05, 0.1) is 10.6 Å². The Balaban J connectivity index is 1.73. The van der Waals surface area contributed by atoms with Crippen LogP contribution in [-0.2, 0) is 4.79 Å². The molecule has 1 fully saturated rings. The van der Waals surface area contributed by atoms with Crippen LogP contribution in [-0.4, -0.2) is 34.2 Å². The quantitative estimate of drug-likeness (QED) is 0.692. The predicted molar refractivity (Wildman–Crippen MR) is 114 cm³/mol. The molecule has 29 heavy (non-hydrogen) atoms. The number of nitrogens with zero attached hydrogens (tertiary/aromatic N) is 2. The monoisotopic (exact) mass is 408 g/mol. The van der Waals surface area contributed by atoms with Gasteiger partial charge in [-0.1, -0.05) is 18.2 Å². The molecule has 4 rings (SSSR count). The number of thiophene rings is 1. The molecule has 3 aromatic rings. The summed E-state index contributed by atoms with van der Waals surface area (Å²) < 4.78 is 1.70. The lowest BCUT2D eigenvalue weighted by Gasteiger charge is -2.16. The highest BCUT2D eigenvalue weighted by molar-refractivity contribution is 7.13. The first kappa shape index (κ1) is 19.4. The molecule has 2 aromatic heterocycles. The zero-order valence-corrected chi connectivity index (χ0v) is 17.4. The molecule has 7 heteroatoms. The summed E-state index contributed by atoms with van der Waals surface area (Å²) >= 11 is 1.58. The summed E-state index contributed by atoms with van der Waals surface area (Å²) in [5.41, 5.74) is 4.16. The first-order chi connectivity index (χ1) is 14.0. The van der Waals surface area contributed by atoms with Crippen molar-refractivity contribution in [2.45, 2.75) is 39.2 Å². The number of rotatable bonds is 4. The van der Waals surface area contributed by atoms with Crippen LogP contribution in [0.1, 0.15) is 40.9 Å². The lowest BCUT2D eigenvalue weighted by molar-refractivity contribution is -0.122. The molecule has 1 aliphatic heterocycles. The van der Waals surface area contributed by atoms with Crippen molar-refractivity contribution >= 4 is 23.2 Å². The van der Waals surface area contributed by atoms with Crippen LogP contribution in [0, 0.1) is 13.8 Å². The van der Waals surface area contributed by atoms with E-state index in [1.54, 1.807) is 22.1 Å². The third-order valence-corrected chi connectivity index (χ3v) is 6.04. The third kappa shape index (κ3) is 4.10. The fraction of sp³-hybridized carbons (Fsp3) is 0.318. The number of aromatic nitrogens is 2. The van der Waals surface area contributed by atoms with Crippen molar-refractivity contribution in [1.82, 2.24) is 20.4 Å². The van der Waals surface area contributed by atoms with Crippen molar-refractivity contribution in [1.29, 1.82) is 0 Å². The third-order valence-electron chi connectivity index (χ3n) is 5.15. The molecule has 150 valence electrons. The van der Waals surface area contributed by atoms with Gasteiger partial charge in [0.25, 0.3) is 5.91 Å². The summed E-state index contributed by atoms with van der Waals surface area (Å²) in [7, 11) is 0. The molecule has 6 nitrogen and oxygen atoms in total. The maximum Gasteiger partial charge on any atom is 0.270 e. The summed E-state index contributed by atoms with van der Waals surface area (Å²) in [5.74, 6) is -0.407. The van der Waals surface area contributed by atoms with Crippen molar-refractivity contribution in [2.24, 2.45) is 0 Å². The molecule has 1 aliphatic rings. The number of hydrogen-bond donors (Lipinski definition) is 2. The van der Waals surface area contributed by atoms with Crippen LogP contribution in [0.2, 0.25) is 0 Å². The van der Waals surface area contributed by atoms with E-state index < -0.39 is 6.04 Å². The predicted octanol–water partition coefficient (Wildman–Crippen LogP) is 3.62. The lowest BCUT2D eigenvalue weighted by atomic mass is 10.1. The average Bonchev–Trinajstić information content (AvgIpc) is 3.34. The summed E-state index contributed by atoms with van der Waals surface area (Å²) in [5, 5.41) is 12.5. The molecule has 2 N–H and O–H groups in total. The first-order valence-electron chi connectivity index (χ1n) is 9.83. The zero-order valence-electron chi connectivity index (χ0n) is 16.6. The van der Waals surface area contributed by atoms with E-state index in [9.17, 15) is 9.59 Å². The Morgan fingerprint density at radius 1 is 1.24 bits per heavy atom. The average molecular weight is 409 g/mol. The normalized spacial score (nSPS) is 16.9. The molecule has 1 saturated heterocycles. The van der Waals surface area contributed by atoms with Gasteiger partial charge in [0.1, 0.15) is 17.4 Å². The van der Waals surface area contributed by atoms with Gasteiger partial charge in [0.2, 0.25) is 5.91 Å². The fourth-order valence-corrected chi connectivity index (χ4v) is 4.21.